The van der Waals surface area contributed by atoms with E-state index in [0.29, 0.717) is 17.3 Å². The lowest BCUT2D eigenvalue weighted by atomic mass is 10.1. The molecule has 0 aliphatic carbocycles. The summed E-state index contributed by atoms with van der Waals surface area (Å²) >= 11 is 3.22. The van der Waals surface area contributed by atoms with E-state index < -0.39 is 11.0 Å². The minimum atomic E-state index is -0.550. The first-order valence-corrected chi connectivity index (χ1v) is 5.94. The first-order valence-electron chi connectivity index (χ1n) is 5.15. The summed E-state index contributed by atoms with van der Waals surface area (Å²) in [4.78, 5) is 10.3. The molecule has 0 saturated heterocycles. The maximum atomic E-state index is 10.7. The predicted octanol–water partition coefficient (Wildman–Crippen LogP) is 2.30. The Morgan fingerprint density at radius 3 is 2.88 bits per heavy atom. The van der Waals surface area contributed by atoms with Gasteiger partial charge in [0.05, 0.1) is 22.1 Å². The molecule has 1 N–H and O–H groups in total. The summed E-state index contributed by atoms with van der Waals surface area (Å²) in [5.74, 6) is 0. The normalized spacial score (nSPS) is 12.4. The van der Waals surface area contributed by atoms with Crippen LogP contribution in [-0.2, 0) is 11.2 Å². The third-order valence-corrected chi connectivity index (χ3v) is 3.28. The molecule has 0 aliphatic heterocycles. The fourth-order valence-electron chi connectivity index (χ4n) is 1.50. The number of nitro benzene ring substituents is 1. The van der Waals surface area contributed by atoms with Gasteiger partial charge in [0.15, 0.2) is 0 Å². The monoisotopic (exact) mass is 303 g/mol. The molecule has 0 spiro atoms. The van der Waals surface area contributed by atoms with Crippen molar-refractivity contribution in [1.29, 1.82) is 0 Å². The van der Waals surface area contributed by atoms with Gasteiger partial charge in [0.25, 0.3) is 5.69 Å². The van der Waals surface area contributed by atoms with E-state index in [-0.39, 0.29) is 12.3 Å². The number of ether oxygens (including phenoxy) is 1. The van der Waals surface area contributed by atoms with Crippen molar-refractivity contribution in [2.45, 2.75) is 18.9 Å². The molecule has 0 bridgehead atoms. The lowest BCUT2D eigenvalue weighted by Gasteiger charge is -2.10. The van der Waals surface area contributed by atoms with Crippen molar-refractivity contribution < 1.29 is 14.8 Å². The Labute approximate surface area is 108 Å². The van der Waals surface area contributed by atoms with Gasteiger partial charge in [0.1, 0.15) is 0 Å². The minimum absolute atomic E-state index is 0.0451. The Bertz CT molecular complexity index is 397. The zero-order valence-electron chi connectivity index (χ0n) is 9.43. The molecule has 0 amide bonds. The standard InChI is InChI=1S/C11H14BrNO4/c1-17-7-9(14)6-5-8-3-2-4-10(11(8)12)13(15)16/h2-4,9,14H,5-7H2,1H3. The molecule has 1 aromatic carbocycles. The van der Waals surface area contributed by atoms with Gasteiger partial charge < -0.3 is 9.84 Å². The van der Waals surface area contributed by atoms with Crippen molar-refractivity contribution in [3.8, 4) is 0 Å². The molecule has 94 valence electrons. The van der Waals surface area contributed by atoms with Crippen molar-refractivity contribution >= 4 is 21.6 Å². The van der Waals surface area contributed by atoms with Gasteiger partial charge in [0.2, 0.25) is 0 Å². The van der Waals surface area contributed by atoms with E-state index >= 15 is 0 Å². The molecule has 1 atom stereocenters. The van der Waals surface area contributed by atoms with Gasteiger partial charge in [-0.25, -0.2) is 0 Å². The molecule has 17 heavy (non-hydrogen) atoms. The molecule has 0 radical (unpaired) electrons. The number of rotatable bonds is 6. The van der Waals surface area contributed by atoms with Crippen LogP contribution in [0.5, 0.6) is 0 Å². The maximum absolute atomic E-state index is 10.7. The molecule has 0 aliphatic rings. The Morgan fingerprint density at radius 1 is 1.59 bits per heavy atom. The molecular formula is C11H14BrNO4. The Balaban J connectivity index is 2.72. The van der Waals surface area contributed by atoms with E-state index in [4.69, 9.17) is 4.74 Å². The van der Waals surface area contributed by atoms with Gasteiger partial charge in [-0.2, -0.15) is 0 Å². The van der Waals surface area contributed by atoms with Gasteiger partial charge in [-0.1, -0.05) is 12.1 Å². The molecule has 6 heteroatoms. The molecule has 0 heterocycles. The highest BCUT2D eigenvalue weighted by atomic mass is 79.9. The zero-order chi connectivity index (χ0) is 12.8. The van der Waals surface area contributed by atoms with Crippen molar-refractivity contribution in [3.05, 3.63) is 38.3 Å². The highest BCUT2D eigenvalue weighted by molar-refractivity contribution is 9.10. The van der Waals surface area contributed by atoms with Crippen molar-refractivity contribution in [1.82, 2.24) is 0 Å². The summed E-state index contributed by atoms with van der Waals surface area (Å²) in [5.41, 5.74) is 0.859. The SMILES string of the molecule is COCC(O)CCc1cccc([N+](=O)[O-])c1Br. The Hall–Kier alpha value is -0.980. The van der Waals surface area contributed by atoms with Gasteiger partial charge in [-0.15, -0.1) is 0 Å². The van der Waals surface area contributed by atoms with Gasteiger partial charge in [-0.3, -0.25) is 10.1 Å². The second-order valence-corrected chi connectivity index (χ2v) is 4.45. The summed E-state index contributed by atoms with van der Waals surface area (Å²) in [6, 6.07) is 4.89. The number of hydrogen-bond acceptors (Lipinski definition) is 4. The lowest BCUT2D eigenvalue weighted by molar-refractivity contribution is -0.385. The number of aliphatic hydroxyl groups excluding tert-OH is 1. The number of benzene rings is 1. The fourth-order valence-corrected chi connectivity index (χ4v) is 2.11. The highest BCUT2D eigenvalue weighted by Gasteiger charge is 2.15. The predicted molar refractivity (Wildman–Crippen MR) is 67.0 cm³/mol. The molecule has 1 aromatic rings. The van der Waals surface area contributed by atoms with E-state index in [9.17, 15) is 15.2 Å². The van der Waals surface area contributed by atoms with Crippen molar-refractivity contribution in [2.24, 2.45) is 0 Å². The summed E-state index contributed by atoms with van der Waals surface area (Å²) in [6.07, 6.45) is 0.520. The number of aliphatic hydroxyl groups is 1. The molecular weight excluding hydrogens is 290 g/mol. The highest BCUT2D eigenvalue weighted by Crippen LogP contribution is 2.29. The van der Waals surface area contributed by atoms with Gasteiger partial charge in [0, 0.05) is 13.2 Å². The Kier molecular flexibility index (Phi) is 5.54. The van der Waals surface area contributed by atoms with Crippen LogP contribution in [-0.4, -0.2) is 29.9 Å². The topological polar surface area (TPSA) is 72.6 Å². The number of aryl methyl sites for hydroxylation is 1. The molecule has 0 fully saturated rings. The average Bonchev–Trinajstić information content (AvgIpc) is 2.27. The third kappa shape index (κ3) is 4.07. The summed E-state index contributed by atoms with van der Waals surface area (Å²) in [7, 11) is 1.52. The van der Waals surface area contributed by atoms with E-state index in [2.05, 4.69) is 15.9 Å². The number of nitrogens with zero attached hydrogens (tertiary/aromatic N) is 1. The molecule has 1 unspecified atom stereocenters. The first-order chi connectivity index (χ1) is 8.06. The number of halogens is 1. The summed E-state index contributed by atoms with van der Waals surface area (Å²) in [6.45, 7) is 0.270. The fraction of sp³-hybridized carbons (Fsp3) is 0.455. The molecule has 1 rings (SSSR count). The molecule has 0 aromatic heterocycles. The first kappa shape index (κ1) is 14.1. The minimum Gasteiger partial charge on any atom is -0.391 e. The van der Waals surface area contributed by atoms with Crippen LogP contribution in [0.3, 0.4) is 0 Å². The number of nitro groups is 1. The van der Waals surface area contributed by atoms with E-state index in [1.807, 2.05) is 0 Å². The van der Waals surface area contributed by atoms with E-state index in [0.717, 1.165) is 5.56 Å². The third-order valence-electron chi connectivity index (χ3n) is 2.36. The maximum Gasteiger partial charge on any atom is 0.283 e. The summed E-state index contributed by atoms with van der Waals surface area (Å²) in [5, 5.41) is 20.2. The molecule has 0 saturated carbocycles. The van der Waals surface area contributed by atoms with Crippen LogP contribution in [0.1, 0.15) is 12.0 Å². The van der Waals surface area contributed by atoms with Crippen molar-refractivity contribution in [3.63, 3.8) is 0 Å². The quantitative estimate of drug-likeness (QED) is 0.646. The van der Waals surface area contributed by atoms with E-state index in [1.165, 1.54) is 13.2 Å². The van der Waals surface area contributed by atoms with Crippen LogP contribution < -0.4 is 0 Å². The number of hydrogen-bond donors (Lipinski definition) is 1. The average molecular weight is 304 g/mol. The molecule has 5 nitrogen and oxygen atoms in total. The number of methoxy groups -OCH3 is 1. The van der Waals surface area contributed by atoms with Gasteiger partial charge in [-0.05, 0) is 34.3 Å². The van der Waals surface area contributed by atoms with Crippen molar-refractivity contribution in [2.75, 3.05) is 13.7 Å². The smallest absolute Gasteiger partial charge is 0.283 e. The van der Waals surface area contributed by atoms with Crippen LogP contribution in [0.25, 0.3) is 0 Å². The van der Waals surface area contributed by atoms with Gasteiger partial charge >= 0.3 is 0 Å². The zero-order valence-corrected chi connectivity index (χ0v) is 11.0. The van der Waals surface area contributed by atoms with Crippen LogP contribution in [0.2, 0.25) is 0 Å². The van der Waals surface area contributed by atoms with E-state index in [1.54, 1.807) is 12.1 Å². The Morgan fingerprint density at radius 2 is 2.29 bits per heavy atom. The second kappa shape index (κ2) is 6.68. The lowest BCUT2D eigenvalue weighted by Crippen LogP contribution is -2.14. The largest absolute Gasteiger partial charge is 0.391 e. The van der Waals surface area contributed by atoms with Crippen LogP contribution in [0.15, 0.2) is 22.7 Å². The van der Waals surface area contributed by atoms with Crippen LogP contribution in [0, 0.1) is 10.1 Å². The van der Waals surface area contributed by atoms with Crippen LogP contribution in [0.4, 0.5) is 5.69 Å². The summed E-state index contributed by atoms with van der Waals surface area (Å²) < 4.78 is 5.30. The second-order valence-electron chi connectivity index (χ2n) is 3.66. The van der Waals surface area contributed by atoms with Crippen LogP contribution >= 0.6 is 15.9 Å².